The molecule has 2 rings (SSSR count). The van der Waals surface area contributed by atoms with E-state index >= 15 is 0 Å². The molecule has 5 nitrogen and oxygen atoms in total. The minimum absolute atomic E-state index is 0. The molecule has 0 saturated carbocycles. The van der Waals surface area contributed by atoms with Crippen molar-refractivity contribution in [1.29, 1.82) is 0 Å². The van der Waals surface area contributed by atoms with Gasteiger partial charge in [-0.3, -0.25) is 9.69 Å². The van der Waals surface area contributed by atoms with Crippen LogP contribution >= 0.6 is 24.8 Å². The van der Waals surface area contributed by atoms with Crippen LogP contribution in [0.4, 0.5) is 0 Å². The molecule has 2 N–H and O–H groups in total. The Balaban J connectivity index is 0.00000312. The quantitative estimate of drug-likeness (QED) is 0.612. The van der Waals surface area contributed by atoms with Crippen molar-refractivity contribution in [3.05, 3.63) is 0 Å². The molecule has 156 valence electrons. The molecule has 2 saturated heterocycles. The van der Waals surface area contributed by atoms with E-state index in [-0.39, 0.29) is 36.1 Å². The maximum atomic E-state index is 13.0. The first kappa shape index (κ1) is 25.9. The van der Waals surface area contributed by atoms with Crippen molar-refractivity contribution in [1.82, 2.24) is 15.5 Å². The zero-order valence-electron chi connectivity index (χ0n) is 16.7. The zero-order valence-corrected chi connectivity index (χ0v) is 18.4. The molecule has 0 radical (unpaired) electrons. The molecule has 2 heterocycles. The fourth-order valence-electron chi connectivity index (χ4n) is 4.50. The predicted octanol–water partition coefficient (Wildman–Crippen LogP) is 2.86. The molecule has 2 aliphatic heterocycles. The second-order valence-corrected chi connectivity index (χ2v) is 7.56. The van der Waals surface area contributed by atoms with Gasteiger partial charge >= 0.3 is 0 Å². The molecule has 0 aromatic rings. The van der Waals surface area contributed by atoms with E-state index in [2.05, 4.69) is 29.4 Å². The number of likely N-dealkylation sites (tertiary alicyclic amines) is 1. The van der Waals surface area contributed by atoms with Crippen LogP contribution in [0, 0.1) is 11.3 Å². The summed E-state index contributed by atoms with van der Waals surface area (Å²) in [6.45, 7) is 10.0. The number of amides is 1. The standard InChI is InChI=1S/C19H37N3O2.2ClH/c1-4-16(5-2)17(22-12-6-7-13-22)14-21-18(23)19(15-24-3)8-10-20-11-9-19;;/h16-17,20H,4-15H2,1-3H3,(H,21,23);2*1H. The first-order valence-electron chi connectivity index (χ1n) is 9.89. The first-order chi connectivity index (χ1) is 11.7. The van der Waals surface area contributed by atoms with Gasteiger partial charge in [-0.05, 0) is 57.8 Å². The number of carbonyl (C=O) groups excluding carboxylic acids is 1. The van der Waals surface area contributed by atoms with Gasteiger partial charge < -0.3 is 15.4 Å². The van der Waals surface area contributed by atoms with Gasteiger partial charge in [-0.25, -0.2) is 0 Å². The smallest absolute Gasteiger partial charge is 0.228 e. The number of hydrogen-bond donors (Lipinski definition) is 2. The molecular weight excluding hydrogens is 373 g/mol. The van der Waals surface area contributed by atoms with Crippen LogP contribution in [0.15, 0.2) is 0 Å². The number of hydrogen-bond acceptors (Lipinski definition) is 4. The summed E-state index contributed by atoms with van der Waals surface area (Å²) in [5.41, 5.74) is -0.344. The van der Waals surface area contributed by atoms with Gasteiger partial charge in [-0.15, -0.1) is 24.8 Å². The summed E-state index contributed by atoms with van der Waals surface area (Å²) in [6, 6.07) is 0.479. The summed E-state index contributed by atoms with van der Waals surface area (Å²) >= 11 is 0. The van der Waals surface area contributed by atoms with Crippen LogP contribution in [-0.4, -0.2) is 63.3 Å². The molecule has 1 amide bonds. The maximum absolute atomic E-state index is 13.0. The van der Waals surface area contributed by atoms with E-state index in [1.165, 1.54) is 38.8 Å². The fourth-order valence-corrected chi connectivity index (χ4v) is 4.50. The average Bonchev–Trinajstić information content (AvgIpc) is 3.13. The Morgan fingerprint density at radius 2 is 1.73 bits per heavy atom. The number of rotatable bonds is 9. The summed E-state index contributed by atoms with van der Waals surface area (Å²) in [5, 5.41) is 6.67. The molecule has 2 fully saturated rings. The van der Waals surface area contributed by atoms with Crippen molar-refractivity contribution in [2.45, 2.75) is 58.4 Å². The second kappa shape index (κ2) is 13.2. The van der Waals surface area contributed by atoms with Gasteiger partial charge in [0, 0.05) is 19.7 Å². The summed E-state index contributed by atoms with van der Waals surface area (Å²) in [5.74, 6) is 0.857. The molecule has 0 aliphatic carbocycles. The maximum Gasteiger partial charge on any atom is 0.228 e. The molecule has 26 heavy (non-hydrogen) atoms. The minimum atomic E-state index is -0.344. The van der Waals surface area contributed by atoms with Gasteiger partial charge in [0.1, 0.15) is 0 Å². The van der Waals surface area contributed by atoms with Crippen LogP contribution in [0.5, 0.6) is 0 Å². The normalized spacial score (nSPS) is 20.9. The van der Waals surface area contributed by atoms with Crippen molar-refractivity contribution in [3.8, 4) is 0 Å². The Morgan fingerprint density at radius 1 is 1.15 bits per heavy atom. The SMILES string of the molecule is CCC(CC)C(CNC(=O)C1(COC)CCNCC1)N1CCCC1.Cl.Cl. The average molecular weight is 412 g/mol. The molecule has 0 aromatic heterocycles. The number of methoxy groups -OCH3 is 1. The molecule has 7 heteroatoms. The lowest BCUT2D eigenvalue weighted by atomic mass is 9.78. The van der Waals surface area contributed by atoms with Crippen LogP contribution in [-0.2, 0) is 9.53 Å². The third-order valence-corrected chi connectivity index (χ3v) is 6.14. The van der Waals surface area contributed by atoms with E-state index in [1.54, 1.807) is 7.11 Å². The van der Waals surface area contributed by atoms with E-state index in [9.17, 15) is 4.79 Å². The van der Waals surface area contributed by atoms with Gasteiger partial charge in [-0.1, -0.05) is 26.7 Å². The highest BCUT2D eigenvalue weighted by Crippen LogP contribution is 2.30. The van der Waals surface area contributed by atoms with Gasteiger partial charge in [0.25, 0.3) is 0 Å². The number of carbonyl (C=O) groups is 1. The Hall–Kier alpha value is -0.0700. The zero-order chi connectivity index (χ0) is 17.4. The third kappa shape index (κ3) is 6.52. The number of ether oxygens (including phenoxy) is 1. The number of nitrogens with one attached hydrogen (secondary N) is 2. The largest absolute Gasteiger partial charge is 0.384 e. The Labute approximate surface area is 172 Å². The lowest BCUT2D eigenvalue weighted by molar-refractivity contribution is -0.136. The molecule has 1 atom stereocenters. The van der Waals surface area contributed by atoms with E-state index in [0.717, 1.165) is 32.5 Å². The topological polar surface area (TPSA) is 53.6 Å². The predicted molar refractivity (Wildman–Crippen MR) is 113 cm³/mol. The van der Waals surface area contributed by atoms with Crippen molar-refractivity contribution >= 4 is 30.7 Å². The summed E-state index contributed by atoms with van der Waals surface area (Å²) in [6.07, 6.45) is 6.69. The van der Waals surface area contributed by atoms with Crippen LogP contribution in [0.3, 0.4) is 0 Å². The van der Waals surface area contributed by atoms with Gasteiger partial charge in [0.15, 0.2) is 0 Å². The van der Waals surface area contributed by atoms with Crippen molar-refractivity contribution in [3.63, 3.8) is 0 Å². The van der Waals surface area contributed by atoms with Gasteiger partial charge in [0.2, 0.25) is 5.91 Å². The first-order valence-corrected chi connectivity index (χ1v) is 9.89. The molecular formula is C19H39Cl2N3O2. The second-order valence-electron chi connectivity index (χ2n) is 7.56. The van der Waals surface area contributed by atoms with Crippen molar-refractivity contribution in [2.24, 2.45) is 11.3 Å². The highest BCUT2D eigenvalue weighted by atomic mass is 35.5. The lowest BCUT2D eigenvalue weighted by Crippen LogP contribution is -2.54. The fraction of sp³-hybridized carbons (Fsp3) is 0.947. The number of halogens is 2. The van der Waals surface area contributed by atoms with E-state index in [4.69, 9.17) is 4.74 Å². The number of piperidine rings is 1. The van der Waals surface area contributed by atoms with Crippen LogP contribution in [0.2, 0.25) is 0 Å². The van der Waals surface area contributed by atoms with E-state index in [0.29, 0.717) is 18.6 Å². The van der Waals surface area contributed by atoms with Crippen LogP contribution in [0.1, 0.15) is 52.4 Å². The molecule has 0 bridgehead atoms. The summed E-state index contributed by atoms with van der Waals surface area (Å²) in [7, 11) is 1.70. The monoisotopic (exact) mass is 411 g/mol. The Morgan fingerprint density at radius 3 is 2.23 bits per heavy atom. The van der Waals surface area contributed by atoms with Gasteiger partial charge in [0.05, 0.1) is 12.0 Å². The molecule has 2 aliphatic rings. The lowest BCUT2D eigenvalue weighted by Gasteiger charge is -2.38. The van der Waals surface area contributed by atoms with Gasteiger partial charge in [-0.2, -0.15) is 0 Å². The van der Waals surface area contributed by atoms with Crippen LogP contribution in [0.25, 0.3) is 0 Å². The summed E-state index contributed by atoms with van der Waals surface area (Å²) in [4.78, 5) is 15.6. The van der Waals surface area contributed by atoms with E-state index < -0.39 is 0 Å². The third-order valence-electron chi connectivity index (χ3n) is 6.14. The van der Waals surface area contributed by atoms with Crippen molar-refractivity contribution in [2.75, 3.05) is 46.4 Å². The molecule has 0 aromatic carbocycles. The molecule has 0 spiro atoms. The molecule has 1 unspecified atom stereocenters. The Bertz CT molecular complexity index is 375. The highest BCUT2D eigenvalue weighted by molar-refractivity contribution is 5.85. The summed E-state index contributed by atoms with van der Waals surface area (Å²) < 4.78 is 5.40. The minimum Gasteiger partial charge on any atom is -0.384 e. The van der Waals surface area contributed by atoms with Crippen LogP contribution < -0.4 is 10.6 Å². The Kier molecular flexibility index (Phi) is 13.1. The number of nitrogens with zero attached hydrogens (tertiary/aromatic N) is 1. The van der Waals surface area contributed by atoms with E-state index in [1.807, 2.05) is 0 Å². The van der Waals surface area contributed by atoms with Crippen molar-refractivity contribution < 1.29 is 9.53 Å². The highest BCUT2D eigenvalue weighted by Gasteiger charge is 2.40.